The summed E-state index contributed by atoms with van der Waals surface area (Å²) >= 11 is 0. The second-order valence-electron chi connectivity index (χ2n) is 4.97. The minimum atomic E-state index is 1.02. The summed E-state index contributed by atoms with van der Waals surface area (Å²) in [4.78, 5) is 4.49. The van der Waals surface area contributed by atoms with Crippen LogP contribution in [0.5, 0.6) is 0 Å². The maximum atomic E-state index is 4.49. The second-order valence-corrected chi connectivity index (χ2v) is 4.97. The minimum Gasteiger partial charge on any atom is -0.355 e. The van der Waals surface area contributed by atoms with Crippen molar-refractivity contribution in [3.05, 3.63) is 65.9 Å². The Labute approximate surface area is 119 Å². The Balaban J connectivity index is 2.09. The van der Waals surface area contributed by atoms with Crippen molar-refractivity contribution in [2.24, 2.45) is 0 Å². The van der Waals surface area contributed by atoms with E-state index in [-0.39, 0.29) is 0 Å². The first-order valence-electron chi connectivity index (χ1n) is 6.99. The molecule has 3 rings (SSSR count). The van der Waals surface area contributed by atoms with Gasteiger partial charge in [0.1, 0.15) is 0 Å². The number of nitrogens with one attached hydrogen (secondary N) is 1. The van der Waals surface area contributed by atoms with Crippen LogP contribution >= 0.6 is 0 Å². The number of fused-ring (bicyclic) bond motifs is 1. The van der Waals surface area contributed by atoms with Crippen molar-refractivity contribution in [2.75, 3.05) is 5.32 Å². The van der Waals surface area contributed by atoms with Gasteiger partial charge in [-0.3, -0.25) is 4.98 Å². The number of rotatable bonds is 3. The number of aryl methyl sites for hydroxylation is 2. The molecule has 2 nitrogen and oxygen atoms in total. The molecule has 2 aromatic carbocycles. The summed E-state index contributed by atoms with van der Waals surface area (Å²) in [7, 11) is 0. The lowest BCUT2D eigenvalue weighted by atomic mass is 10.1. The van der Waals surface area contributed by atoms with Gasteiger partial charge in [0.15, 0.2) is 0 Å². The van der Waals surface area contributed by atoms with E-state index in [1.54, 1.807) is 0 Å². The molecule has 0 aliphatic heterocycles. The second kappa shape index (κ2) is 5.33. The third-order valence-electron chi connectivity index (χ3n) is 3.64. The molecular formula is C18H18N2. The first-order chi connectivity index (χ1) is 9.79. The fourth-order valence-electron chi connectivity index (χ4n) is 2.53. The Bertz CT molecular complexity index is 747. The van der Waals surface area contributed by atoms with Crippen LogP contribution in [0.25, 0.3) is 10.9 Å². The van der Waals surface area contributed by atoms with Crippen LogP contribution in [0.3, 0.4) is 0 Å². The summed E-state index contributed by atoms with van der Waals surface area (Å²) in [6, 6.07) is 16.8. The predicted molar refractivity (Wildman–Crippen MR) is 85.6 cm³/mol. The smallest absolute Gasteiger partial charge is 0.0751 e. The number of para-hydroxylation sites is 2. The molecule has 1 aromatic heterocycles. The molecular weight excluding hydrogens is 244 g/mol. The third-order valence-corrected chi connectivity index (χ3v) is 3.64. The highest BCUT2D eigenvalue weighted by molar-refractivity contribution is 5.94. The van der Waals surface area contributed by atoms with Gasteiger partial charge < -0.3 is 5.32 Å². The van der Waals surface area contributed by atoms with Crippen molar-refractivity contribution >= 4 is 22.3 Å². The summed E-state index contributed by atoms with van der Waals surface area (Å²) in [5, 5.41) is 4.72. The fourth-order valence-corrected chi connectivity index (χ4v) is 2.53. The molecule has 20 heavy (non-hydrogen) atoms. The normalized spacial score (nSPS) is 10.7. The Morgan fingerprint density at radius 2 is 1.80 bits per heavy atom. The van der Waals surface area contributed by atoms with Crippen LogP contribution in [0.2, 0.25) is 0 Å². The van der Waals surface area contributed by atoms with Crippen molar-refractivity contribution in [1.82, 2.24) is 4.98 Å². The Hall–Kier alpha value is -2.35. The van der Waals surface area contributed by atoms with E-state index < -0.39 is 0 Å². The van der Waals surface area contributed by atoms with Crippen LogP contribution < -0.4 is 5.32 Å². The van der Waals surface area contributed by atoms with Gasteiger partial charge in [0.05, 0.1) is 5.52 Å². The molecule has 0 spiro atoms. The molecule has 0 amide bonds. The summed E-state index contributed by atoms with van der Waals surface area (Å²) in [6.45, 7) is 4.27. The largest absolute Gasteiger partial charge is 0.355 e. The molecule has 0 aliphatic rings. The predicted octanol–water partition coefficient (Wildman–Crippen LogP) is 4.85. The van der Waals surface area contributed by atoms with Gasteiger partial charge in [-0.2, -0.15) is 0 Å². The van der Waals surface area contributed by atoms with E-state index >= 15 is 0 Å². The molecule has 1 N–H and O–H groups in total. The lowest BCUT2D eigenvalue weighted by Gasteiger charge is -2.13. The zero-order valence-corrected chi connectivity index (χ0v) is 11.9. The van der Waals surface area contributed by atoms with Gasteiger partial charge >= 0.3 is 0 Å². The topological polar surface area (TPSA) is 24.9 Å². The highest BCUT2D eigenvalue weighted by atomic mass is 14.9. The van der Waals surface area contributed by atoms with Gasteiger partial charge in [-0.1, -0.05) is 43.3 Å². The quantitative estimate of drug-likeness (QED) is 0.730. The number of hydrogen-bond donors (Lipinski definition) is 1. The Kier molecular flexibility index (Phi) is 3.38. The highest BCUT2D eigenvalue weighted by Crippen LogP contribution is 2.28. The Morgan fingerprint density at radius 1 is 0.950 bits per heavy atom. The molecule has 0 saturated carbocycles. The number of hydrogen-bond acceptors (Lipinski definition) is 2. The number of anilines is 2. The van der Waals surface area contributed by atoms with Crippen molar-refractivity contribution in [3.63, 3.8) is 0 Å². The number of nitrogens with zero attached hydrogens (tertiary/aromatic N) is 1. The molecule has 1 heterocycles. The lowest BCUT2D eigenvalue weighted by molar-refractivity contribution is 1.14. The van der Waals surface area contributed by atoms with Crippen LogP contribution in [0, 0.1) is 6.92 Å². The zero-order chi connectivity index (χ0) is 13.9. The zero-order valence-electron chi connectivity index (χ0n) is 11.9. The first kappa shape index (κ1) is 12.7. The van der Waals surface area contributed by atoms with E-state index in [0.29, 0.717) is 0 Å². The third kappa shape index (κ3) is 2.25. The van der Waals surface area contributed by atoms with Gasteiger partial charge in [-0.25, -0.2) is 0 Å². The van der Waals surface area contributed by atoms with Gasteiger partial charge in [0.25, 0.3) is 0 Å². The monoisotopic (exact) mass is 262 g/mol. The molecule has 0 fully saturated rings. The highest BCUT2D eigenvalue weighted by Gasteiger charge is 2.05. The number of benzene rings is 2. The molecule has 0 saturated heterocycles. The molecule has 0 bridgehead atoms. The standard InChI is InChI=1S/C18H18N2/c1-3-14-8-4-5-10-16(14)20-17-11-12-19-18-13(2)7-6-9-15(17)18/h4-12H,3H2,1-2H3,(H,19,20). The van der Waals surface area contributed by atoms with E-state index in [0.717, 1.165) is 17.6 Å². The molecule has 0 aliphatic carbocycles. The summed E-state index contributed by atoms with van der Waals surface area (Å²) < 4.78 is 0. The van der Waals surface area contributed by atoms with Crippen LogP contribution in [-0.4, -0.2) is 4.98 Å². The van der Waals surface area contributed by atoms with E-state index in [1.165, 1.54) is 22.2 Å². The SMILES string of the molecule is CCc1ccccc1Nc1ccnc2c(C)cccc12. The maximum Gasteiger partial charge on any atom is 0.0751 e. The van der Waals surface area contributed by atoms with Crippen molar-refractivity contribution in [2.45, 2.75) is 20.3 Å². The van der Waals surface area contributed by atoms with Crippen molar-refractivity contribution < 1.29 is 0 Å². The summed E-state index contributed by atoms with van der Waals surface area (Å²) in [5.74, 6) is 0. The Morgan fingerprint density at radius 3 is 2.65 bits per heavy atom. The lowest BCUT2D eigenvalue weighted by Crippen LogP contribution is -1.96. The summed E-state index contributed by atoms with van der Waals surface area (Å²) in [5.41, 5.74) is 5.87. The van der Waals surface area contributed by atoms with Crippen LogP contribution in [0.15, 0.2) is 54.7 Å². The average molecular weight is 262 g/mol. The molecule has 0 atom stereocenters. The molecule has 0 radical (unpaired) electrons. The molecule has 100 valence electrons. The van der Waals surface area contributed by atoms with Crippen LogP contribution in [0.1, 0.15) is 18.1 Å². The van der Waals surface area contributed by atoms with Gasteiger partial charge in [-0.05, 0) is 36.6 Å². The van der Waals surface area contributed by atoms with Crippen LogP contribution in [0.4, 0.5) is 11.4 Å². The van der Waals surface area contributed by atoms with Gasteiger partial charge in [0.2, 0.25) is 0 Å². The number of pyridine rings is 1. The molecule has 3 aromatic rings. The molecule has 2 heteroatoms. The number of aromatic nitrogens is 1. The summed E-state index contributed by atoms with van der Waals surface area (Å²) in [6.07, 6.45) is 2.89. The molecule has 0 unspecified atom stereocenters. The van der Waals surface area contributed by atoms with E-state index in [9.17, 15) is 0 Å². The van der Waals surface area contributed by atoms with Crippen LogP contribution in [-0.2, 0) is 6.42 Å². The maximum absolute atomic E-state index is 4.49. The first-order valence-corrected chi connectivity index (χ1v) is 6.99. The van der Waals surface area contributed by atoms with E-state index in [1.807, 2.05) is 12.3 Å². The average Bonchev–Trinajstić information content (AvgIpc) is 2.49. The van der Waals surface area contributed by atoms with Crippen molar-refractivity contribution in [3.8, 4) is 0 Å². The van der Waals surface area contributed by atoms with Gasteiger partial charge in [0, 0.05) is 23.0 Å². The van der Waals surface area contributed by atoms with Crippen molar-refractivity contribution in [1.29, 1.82) is 0 Å². The van der Waals surface area contributed by atoms with Gasteiger partial charge in [-0.15, -0.1) is 0 Å². The fraction of sp³-hybridized carbons (Fsp3) is 0.167. The van der Waals surface area contributed by atoms with E-state index in [2.05, 4.69) is 66.6 Å². The minimum absolute atomic E-state index is 1.02. The van der Waals surface area contributed by atoms with E-state index in [4.69, 9.17) is 0 Å².